The third-order valence-electron chi connectivity index (χ3n) is 6.94. The SMILES string of the molecule is NCCCCC(N)C(=O)NC(Cc1c[nH]c2ccccc12)C(=O)NC(Cc1cnc[nH]1)C(=O)NC(CCC(N)=O)C(=O)O. The third-order valence-corrected chi connectivity index (χ3v) is 6.94. The van der Waals surface area contributed by atoms with Gasteiger partial charge in [-0.2, -0.15) is 0 Å². The average Bonchev–Trinajstić information content (AvgIpc) is 3.64. The van der Waals surface area contributed by atoms with Crippen molar-refractivity contribution < 1.29 is 29.1 Å². The zero-order valence-electron chi connectivity index (χ0n) is 23.7. The highest BCUT2D eigenvalue weighted by Gasteiger charge is 2.31. The van der Waals surface area contributed by atoms with E-state index in [1.54, 1.807) is 6.20 Å². The molecule has 0 radical (unpaired) electrons. The van der Waals surface area contributed by atoms with E-state index in [4.69, 9.17) is 17.2 Å². The smallest absolute Gasteiger partial charge is 0.326 e. The van der Waals surface area contributed by atoms with Gasteiger partial charge in [-0.15, -0.1) is 0 Å². The van der Waals surface area contributed by atoms with Gasteiger partial charge in [-0.1, -0.05) is 24.6 Å². The van der Waals surface area contributed by atoms with E-state index in [9.17, 15) is 29.1 Å². The fourth-order valence-electron chi connectivity index (χ4n) is 4.56. The molecule has 232 valence electrons. The lowest BCUT2D eigenvalue weighted by Crippen LogP contribution is -2.58. The Balaban J connectivity index is 1.84. The number of amides is 4. The van der Waals surface area contributed by atoms with Gasteiger partial charge in [0.2, 0.25) is 23.6 Å². The second kappa shape index (κ2) is 16.0. The van der Waals surface area contributed by atoms with Crippen LogP contribution in [0.1, 0.15) is 43.4 Å². The molecule has 4 unspecified atom stereocenters. The fraction of sp³-hybridized carbons (Fsp3) is 0.429. The summed E-state index contributed by atoms with van der Waals surface area (Å²) in [4.78, 5) is 72.9. The Labute approximate surface area is 247 Å². The van der Waals surface area contributed by atoms with Gasteiger partial charge in [0.05, 0.1) is 12.4 Å². The van der Waals surface area contributed by atoms with E-state index in [0.29, 0.717) is 31.5 Å². The molecule has 12 N–H and O–H groups in total. The quantitative estimate of drug-likeness (QED) is 0.0807. The predicted octanol–water partition coefficient (Wildman–Crippen LogP) is -1.06. The molecule has 3 rings (SSSR count). The molecule has 0 aliphatic heterocycles. The number of nitrogens with zero attached hydrogens (tertiary/aromatic N) is 1. The predicted molar refractivity (Wildman–Crippen MR) is 157 cm³/mol. The van der Waals surface area contributed by atoms with E-state index in [1.165, 1.54) is 12.5 Å². The summed E-state index contributed by atoms with van der Waals surface area (Å²) in [7, 11) is 0. The van der Waals surface area contributed by atoms with Crippen LogP contribution in [0.2, 0.25) is 0 Å². The molecule has 2 heterocycles. The molecule has 0 aliphatic rings. The Bertz CT molecular complexity index is 1390. The number of carbonyl (C=O) groups excluding carboxylic acids is 4. The van der Waals surface area contributed by atoms with Crippen molar-refractivity contribution in [1.29, 1.82) is 0 Å². The molecule has 0 bridgehead atoms. The number of carboxylic acid groups (broad SMARTS) is 1. The zero-order chi connectivity index (χ0) is 31.4. The summed E-state index contributed by atoms with van der Waals surface area (Å²) in [5, 5.41) is 18.2. The minimum absolute atomic E-state index is 0.0634. The van der Waals surface area contributed by atoms with E-state index in [1.807, 2.05) is 24.3 Å². The number of para-hydroxylation sites is 1. The summed E-state index contributed by atoms with van der Waals surface area (Å²) >= 11 is 0. The lowest BCUT2D eigenvalue weighted by molar-refractivity contribution is -0.142. The Hall–Kier alpha value is -4.76. The standard InChI is InChI=1S/C28H39N9O6/c29-10-4-3-6-19(30)25(39)36-22(11-16-13-33-20-7-2-1-5-18(16)20)26(40)37-23(12-17-14-32-15-34-17)27(41)35-21(28(42)43)8-9-24(31)38/h1-2,5,7,13-15,19,21-23,33H,3-4,6,8-12,29-30H2,(H2,31,38)(H,32,34)(H,35,41)(H,36,39)(H,37,40)(H,42,43). The number of aromatic nitrogens is 3. The van der Waals surface area contributed by atoms with Crippen LogP contribution in [0.25, 0.3) is 10.9 Å². The second-order valence-corrected chi connectivity index (χ2v) is 10.3. The highest BCUT2D eigenvalue weighted by Crippen LogP contribution is 2.19. The number of fused-ring (bicyclic) bond motifs is 1. The van der Waals surface area contributed by atoms with E-state index < -0.39 is 53.8 Å². The van der Waals surface area contributed by atoms with Gasteiger partial charge in [-0.05, 0) is 37.4 Å². The van der Waals surface area contributed by atoms with Crippen molar-refractivity contribution in [2.75, 3.05) is 6.54 Å². The Morgan fingerprint density at radius 3 is 2.21 bits per heavy atom. The van der Waals surface area contributed by atoms with E-state index >= 15 is 0 Å². The van der Waals surface area contributed by atoms with Crippen LogP contribution >= 0.6 is 0 Å². The molecule has 43 heavy (non-hydrogen) atoms. The number of hydrogen-bond acceptors (Lipinski definition) is 8. The number of aromatic amines is 2. The third kappa shape index (κ3) is 9.93. The molecule has 0 saturated heterocycles. The van der Waals surface area contributed by atoms with Crippen molar-refractivity contribution in [1.82, 2.24) is 30.9 Å². The number of benzene rings is 1. The zero-order valence-corrected chi connectivity index (χ0v) is 23.7. The van der Waals surface area contributed by atoms with Crippen LogP contribution in [0.5, 0.6) is 0 Å². The van der Waals surface area contributed by atoms with Gasteiger partial charge >= 0.3 is 5.97 Å². The van der Waals surface area contributed by atoms with E-state index in [2.05, 4.69) is 30.9 Å². The molecule has 15 heteroatoms. The topological polar surface area (TPSA) is 264 Å². The first-order valence-corrected chi connectivity index (χ1v) is 14.0. The molecule has 0 aliphatic carbocycles. The number of aliphatic carboxylic acids is 1. The monoisotopic (exact) mass is 597 g/mol. The van der Waals surface area contributed by atoms with E-state index in [0.717, 1.165) is 16.5 Å². The average molecular weight is 598 g/mol. The molecule has 3 aromatic rings. The molecule has 0 fully saturated rings. The number of carbonyl (C=O) groups is 5. The van der Waals surface area contributed by atoms with Crippen LogP contribution in [-0.2, 0) is 36.8 Å². The first kappa shape index (κ1) is 32.8. The van der Waals surface area contributed by atoms with Crippen LogP contribution in [0.4, 0.5) is 0 Å². The Morgan fingerprint density at radius 2 is 1.56 bits per heavy atom. The second-order valence-electron chi connectivity index (χ2n) is 10.3. The van der Waals surface area contributed by atoms with Gasteiger partial charge in [-0.3, -0.25) is 19.2 Å². The van der Waals surface area contributed by atoms with Crippen LogP contribution in [0.15, 0.2) is 43.0 Å². The summed E-state index contributed by atoms with van der Waals surface area (Å²) < 4.78 is 0. The summed E-state index contributed by atoms with van der Waals surface area (Å²) in [5.74, 6) is -4.12. The number of carboxylic acids is 1. The Kier molecular flexibility index (Phi) is 12.2. The lowest BCUT2D eigenvalue weighted by Gasteiger charge is -2.25. The normalized spacial score (nSPS) is 13.9. The summed E-state index contributed by atoms with van der Waals surface area (Å²) in [6.45, 7) is 0.463. The summed E-state index contributed by atoms with van der Waals surface area (Å²) in [5.41, 5.74) is 18.9. The molecule has 1 aromatic carbocycles. The van der Waals surface area contributed by atoms with Gasteiger partial charge < -0.3 is 48.2 Å². The van der Waals surface area contributed by atoms with Gasteiger partial charge in [0.15, 0.2) is 0 Å². The highest BCUT2D eigenvalue weighted by molar-refractivity contribution is 5.95. The van der Waals surface area contributed by atoms with Gasteiger partial charge in [-0.25, -0.2) is 9.78 Å². The van der Waals surface area contributed by atoms with Gasteiger partial charge in [0, 0.05) is 48.3 Å². The van der Waals surface area contributed by atoms with Crippen LogP contribution < -0.4 is 33.2 Å². The minimum Gasteiger partial charge on any atom is -0.480 e. The number of nitrogens with two attached hydrogens (primary N) is 3. The number of H-pyrrole nitrogens is 2. The number of imidazole rings is 1. The van der Waals surface area contributed by atoms with Crippen molar-refractivity contribution in [2.45, 2.75) is 69.1 Å². The number of nitrogens with one attached hydrogen (secondary N) is 5. The molecule has 0 saturated carbocycles. The lowest BCUT2D eigenvalue weighted by atomic mass is 10.0. The number of primary amides is 1. The molecular formula is C28H39N9O6. The number of unbranched alkanes of at least 4 members (excludes halogenated alkanes) is 1. The van der Waals surface area contributed by atoms with Crippen molar-refractivity contribution in [2.24, 2.45) is 17.2 Å². The van der Waals surface area contributed by atoms with Crippen molar-refractivity contribution in [3.63, 3.8) is 0 Å². The molecule has 2 aromatic heterocycles. The maximum absolute atomic E-state index is 13.7. The van der Waals surface area contributed by atoms with E-state index in [-0.39, 0.29) is 25.7 Å². The first-order valence-electron chi connectivity index (χ1n) is 14.0. The molecule has 4 amide bonds. The Morgan fingerprint density at radius 1 is 0.884 bits per heavy atom. The molecule has 0 spiro atoms. The summed E-state index contributed by atoms with van der Waals surface area (Å²) in [6, 6.07) is 2.78. The maximum atomic E-state index is 13.7. The van der Waals surface area contributed by atoms with Crippen LogP contribution in [0, 0.1) is 0 Å². The largest absolute Gasteiger partial charge is 0.480 e. The summed E-state index contributed by atoms with van der Waals surface area (Å²) in [6.07, 6.45) is 5.81. The van der Waals surface area contributed by atoms with Gasteiger partial charge in [0.1, 0.15) is 18.1 Å². The van der Waals surface area contributed by atoms with Crippen LogP contribution in [0.3, 0.4) is 0 Å². The first-order chi connectivity index (χ1) is 20.6. The molecule has 4 atom stereocenters. The fourth-order valence-corrected chi connectivity index (χ4v) is 4.56. The number of hydrogen-bond donors (Lipinski definition) is 9. The van der Waals surface area contributed by atoms with Crippen molar-refractivity contribution in [3.8, 4) is 0 Å². The maximum Gasteiger partial charge on any atom is 0.326 e. The van der Waals surface area contributed by atoms with Gasteiger partial charge in [0.25, 0.3) is 0 Å². The molecular weight excluding hydrogens is 558 g/mol. The molecule has 15 nitrogen and oxygen atoms in total. The highest BCUT2D eigenvalue weighted by atomic mass is 16.4. The van der Waals surface area contributed by atoms with Crippen molar-refractivity contribution >= 4 is 40.5 Å². The number of rotatable bonds is 18. The van der Waals surface area contributed by atoms with Crippen molar-refractivity contribution in [3.05, 3.63) is 54.2 Å². The minimum atomic E-state index is -1.42. The van der Waals surface area contributed by atoms with Crippen LogP contribution in [-0.4, -0.2) is 80.4 Å².